The third-order valence-electron chi connectivity index (χ3n) is 3.64. The molecular weight excluding hydrogens is 376 g/mol. The Balaban J connectivity index is 2.09. The van der Waals surface area contributed by atoms with Crippen LogP contribution in [-0.2, 0) is 10.0 Å². The van der Waals surface area contributed by atoms with Gasteiger partial charge in [-0.05, 0) is 48.9 Å². The van der Waals surface area contributed by atoms with Crippen molar-refractivity contribution in [2.75, 3.05) is 29.5 Å². The molecule has 1 amide bonds. The van der Waals surface area contributed by atoms with E-state index in [9.17, 15) is 13.2 Å². The second-order valence-corrected chi connectivity index (χ2v) is 8.15. The number of carbonyl (C=O) groups excluding carboxylic acids is 1. The fourth-order valence-electron chi connectivity index (χ4n) is 2.13. The van der Waals surface area contributed by atoms with Gasteiger partial charge in [0.25, 0.3) is 5.91 Å². The number of nitrogens with zero attached hydrogens (tertiary/aromatic N) is 1. The lowest BCUT2D eigenvalue weighted by molar-refractivity contribution is 0.102. The number of hydrogen-bond acceptors (Lipinski definition) is 4. The van der Waals surface area contributed by atoms with Crippen LogP contribution in [0.15, 0.2) is 42.5 Å². The summed E-state index contributed by atoms with van der Waals surface area (Å²) < 4.78 is 29.7. The van der Waals surface area contributed by atoms with E-state index in [-0.39, 0.29) is 5.91 Å². The monoisotopic (exact) mass is 396 g/mol. The average molecular weight is 397 g/mol. The van der Waals surface area contributed by atoms with Gasteiger partial charge in [0.2, 0.25) is 10.0 Å². The van der Waals surface area contributed by atoms with Crippen LogP contribution in [-0.4, -0.2) is 34.2 Å². The largest absolute Gasteiger partial charge is 0.492 e. The molecule has 0 spiro atoms. The highest BCUT2D eigenvalue weighted by molar-refractivity contribution is 7.92. The smallest absolute Gasteiger partial charge is 0.255 e. The Morgan fingerprint density at radius 1 is 1.19 bits per heavy atom. The normalized spacial score (nSPS) is 11.1. The van der Waals surface area contributed by atoms with E-state index in [4.69, 9.17) is 16.3 Å². The molecule has 0 aliphatic rings. The predicted molar refractivity (Wildman–Crippen MR) is 105 cm³/mol. The molecule has 6 nitrogen and oxygen atoms in total. The Bertz CT molecular complexity index is 883. The van der Waals surface area contributed by atoms with Crippen LogP contribution in [0.1, 0.15) is 23.7 Å². The van der Waals surface area contributed by atoms with E-state index in [0.29, 0.717) is 34.3 Å². The van der Waals surface area contributed by atoms with Gasteiger partial charge >= 0.3 is 0 Å². The summed E-state index contributed by atoms with van der Waals surface area (Å²) >= 11 is 6.15. The van der Waals surface area contributed by atoms with Gasteiger partial charge < -0.3 is 10.1 Å². The number of ether oxygens (including phenoxy) is 1. The number of carbonyl (C=O) groups is 1. The number of hydrogen-bond donors (Lipinski definition) is 1. The first kappa shape index (κ1) is 20.1. The Hall–Kier alpha value is -2.25. The van der Waals surface area contributed by atoms with Gasteiger partial charge in [-0.25, -0.2) is 8.42 Å². The number of anilines is 2. The number of sulfonamides is 1. The van der Waals surface area contributed by atoms with E-state index < -0.39 is 10.0 Å². The molecule has 0 saturated heterocycles. The van der Waals surface area contributed by atoms with Crippen molar-refractivity contribution < 1.29 is 17.9 Å². The van der Waals surface area contributed by atoms with Crippen molar-refractivity contribution in [3.8, 4) is 5.75 Å². The van der Waals surface area contributed by atoms with Gasteiger partial charge in [0.05, 0.1) is 23.6 Å². The maximum absolute atomic E-state index is 12.3. The van der Waals surface area contributed by atoms with Gasteiger partial charge in [-0.3, -0.25) is 9.10 Å². The summed E-state index contributed by atoms with van der Waals surface area (Å²) in [4.78, 5) is 12.3. The van der Waals surface area contributed by atoms with E-state index in [1.54, 1.807) is 42.5 Å². The highest BCUT2D eigenvalue weighted by Crippen LogP contribution is 2.28. The van der Waals surface area contributed by atoms with Gasteiger partial charge in [-0.15, -0.1) is 0 Å². The molecule has 1 N–H and O–H groups in total. The SMILES string of the molecule is CCCOc1ccc(NC(=O)c2ccc(N(C)S(C)(=O)=O)cc2)cc1Cl. The third-order valence-corrected chi connectivity index (χ3v) is 5.14. The van der Waals surface area contributed by atoms with E-state index in [1.807, 2.05) is 6.92 Å². The molecule has 2 aromatic carbocycles. The van der Waals surface area contributed by atoms with E-state index in [2.05, 4.69) is 5.32 Å². The first-order valence-corrected chi connectivity index (χ1v) is 10.2. The summed E-state index contributed by atoms with van der Waals surface area (Å²) in [5, 5.41) is 3.17. The second kappa shape index (κ2) is 8.42. The van der Waals surface area contributed by atoms with Crippen LogP contribution < -0.4 is 14.4 Å². The lowest BCUT2D eigenvalue weighted by Crippen LogP contribution is -2.24. The fraction of sp³-hybridized carbons (Fsp3) is 0.278. The Morgan fingerprint density at radius 2 is 1.85 bits per heavy atom. The van der Waals surface area contributed by atoms with Crippen molar-refractivity contribution in [3.63, 3.8) is 0 Å². The summed E-state index contributed by atoms with van der Waals surface area (Å²) in [5.41, 5.74) is 1.42. The Kier molecular flexibility index (Phi) is 6.50. The van der Waals surface area contributed by atoms with Crippen LogP contribution in [0.4, 0.5) is 11.4 Å². The molecule has 0 unspecified atom stereocenters. The average Bonchev–Trinajstić information content (AvgIpc) is 2.59. The maximum Gasteiger partial charge on any atom is 0.255 e. The lowest BCUT2D eigenvalue weighted by Gasteiger charge is -2.16. The summed E-state index contributed by atoms with van der Waals surface area (Å²) in [6, 6.07) is 11.3. The summed E-state index contributed by atoms with van der Waals surface area (Å²) in [7, 11) is -1.89. The Morgan fingerprint density at radius 3 is 2.38 bits per heavy atom. The number of benzene rings is 2. The minimum atomic E-state index is -3.35. The number of nitrogens with one attached hydrogen (secondary N) is 1. The van der Waals surface area contributed by atoms with Crippen molar-refractivity contribution in [2.45, 2.75) is 13.3 Å². The number of amides is 1. The number of halogens is 1. The molecule has 0 aliphatic heterocycles. The van der Waals surface area contributed by atoms with Crippen LogP contribution in [0.25, 0.3) is 0 Å². The minimum absolute atomic E-state index is 0.322. The zero-order valence-corrected chi connectivity index (χ0v) is 16.4. The molecule has 0 aromatic heterocycles. The first-order valence-electron chi connectivity index (χ1n) is 8.00. The first-order chi connectivity index (χ1) is 12.2. The molecule has 0 bridgehead atoms. The van der Waals surface area contributed by atoms with Gasteiger partial charge in [-0.2, -0.15) is 0 Å². The van der Waals surface area contributed by atoms with Crippen LogP contribution in [0.2, 0.25) is 5.02 Å². The predicted octanol–water partition coefficient (Wildman–Crippen LogP) is 3.78. The molecule has 26 heavy (non-hydrogen) atoms. The number of rotatable bonds is 7. The van der Waals surface area contributed by atoms with Gasteiger partial charge in [0.1, 0.15) is 5.75 Å². The summed E-state index contributed by atoms with van der Waals surface area (Å²) in [6.45, 7) is 2.57. The van der Waals surface area contributed by atoms with Crippen molar-refractivity contribution in [1.29, 1.82) is 0 Å². The molecule has 0 heterocycles. The Labute approximate surface area is 158 Å². The molecule has 140 valence electrons. The lowest BCUT2D eigenvalue weighted by atomic mass is 10.2. The zero-order chi connectivity index (χ0) is 19.3. The highest BCUT2D eigenvalue weighted by Gasteiger charge is 2.13. The van der Waals surface area contributed by atoms with E-state index in [0.717, 1.165) is 17.0 Å². The van der Waals surface area contributed by atoms with E-state index >= 15 is 0 Å². The van der Waals surface area contributed by atoms with Crippen molar-refractivity contribution in [1.82, 2.24) is 0 Å². The molecule has 0 aliphatic carbocycles. The molecule has 8 heteroatoms. The van der Waals surface area contributed by atoms with Crippen molar-refractivity contribution >= 4 is 38.9 Å². The fourth-order valence-corrected chi connectivity index (χ4v) is 2.86. The third kappa shape index (κ3) is 5.12. The van der Waals surface area contributed by atoms with Crippen LogP contribution in [0.5, 0.6) is 5.75 Å². The molecule has 2 rings (SSSR count). The van der Waals surface area contributed by atoms with Gasteiger partial charge in [-0.1, -0.05) is 18.5 Å². The summed E-state index contributed by atoms with van der Waals surface area (Å²) in [6.07, 6.45) is 1.99. The molecule has 0 radical (unpaired) electrons. The molecule has 2 aromatic rings. The molecular formula is C18H21ClN2O4S. The van der Waals surface area contributed by atoms with Crippen LogP contribution >= 0.6 is 11.6 Å². The molecule has 0 fully saturated rings. The van der Waals surface area contributed by atoms with Crippen LogP contribution in [0.3, 0.4) is 0 Å². The zero-order valence-electron chi connectivity index (χ0n) is 14.8. The van der Waals surface area contributed by atoms with Crippen molar-refractivity contribution in [2.24, 2.45) is 0 Å². The second-order valence-electron chi connectivity index (χ2n) is 5.73. The summed E-state index contributed by atoms with van der Waals surface area (Å²) in [5.74, 6) is 0.247. The van der Waals surface area contributed by atoms with E-state index in [1.165, 1.54) is 7.05 Å². The minimum Gasteiger partial charge on any atom is -0.492 e. The topological polar surface area (TPSA) is 75.7 Å². The molecule has 0 atom stereocenters. The maximum atomic E-state index is 12.3. The standard InChI is InChI=1S/C18H21ClN2O4S/c1-4-11-25-17-10-7-14(12-16(17)19)20-18(22)13-5-8-15(9-6-13)21(2)26(3,23)24/h5-10,12H,4,11H2,1-3H3,(H,20,22). The van der Waals surface area contributed by atoms with Gasteiger partial charge in [0.15, 0.2) is 0 Å². The molecule has 0 saturated carbocycles. The van der Waals surface area contributed by atoms with Gasteiger partial charge in [0, 0.05) is 18.3 Å². The van der Waals surface area contributed by atoms with Crippen molar-refractivity contribution in [3.05, 3.63) is 53.1 Å². The van der Waals surface area contributed by atoms with Crippen LogP contribution in [0, 0.1) is 0 Å². The quantitative estimate of drug-likeness (QED) is 0.772. The highest BCUT2D eigenvalue weighted by atomic mass is 35.5.